The topological polar surface area (TPSA) is 55.4 Å². The number of anilines is 1. The van der Waals surface area contributed by atoms with Crippen LogP contribution in [-0.2, 0) is 9.53 Å². The van der Waals surface area contributed by atoms with Gasteiger partial charge in [0.05, 0.1) is 0 Å². The lowest BCUT2D eigenvalue weighted by Crippen LogP contribution is -2.12. The predicted octanol–water partition coefficient (Wildman–Crippen LogP) is 2.25. The van der Waals surface area contributed by atoms with E-state index in [2.05, 4.69) is 5.32 Å². The summed E-state index contributed by atoms with van der Waals surface area (Å²) in [6.07, 6.45) is 1.93. The molecule has 0 spiro atoms. The Kier molecular flexibility index (Phi) is 5.96. The smallest absolute Gasteiger partial charge is 0.224 e. The number of benzene rings is 1. The Hall–Kier alpha value is -1.68. The van der Waals surface area contributed by atoms with Crippen molar-refractivity contribution in [1.29, 1.82) is 0 Å². The van der Waals surface area contributed by atoms with Crippen LogP contribution in [0.1, 0.15) is 30.1 Å². The van der Waals surface area contributed by atoms with Crippen molar-refractivity contribution in [2.45, 2.75) is 19.8 Å². The van der Waals surface area contributed by atoms with Crippen LogP contribution in [0.2, 0.25) is 0 Å². The van der Waals surface area contributed by atoms with Crippen molar-refractivity contribution in [3.05, 3.63) is 29.8 Å². The van der Waals surface area contributed by atoms with Crippen LogP contribution in [0.3, 0.4) is 0 Å². The molecule has 4 nitrogen and oxygen atoms in total. The van der Waals surface area contributed by atoms with Gasteiger partial charge in [0.1, 0.15) is 6.29 Å². The van der Waals surface area contributed by atoms with Gasteiger partial charge in [-0.25, -0.2) is 0 Å². The molecule has 0 aliphatic heterocycles. The van der Waals surface area contributed by atoms with Gasteiger partial charge in [-0.05, 0) is 37.6 Å². The van der Waals surface area contributed by atoms with Crippen molar-refractivity contribution in [3.63, 3.8) is 0 Å². The van der Waals surface area contributed by atoms with Crippen molar-refractivity contribution in [3.8, 4) is 0 Å². The Morgan fingerprint density at radius 1 is 1.35 bits per heavy atom. The lowest BCUT2D eigenvalue weighted by Gasteiger charge is -2.05. The zero-order chi connectivity index (χ0) is 12.5. The summed E-state index contributed by atoms with van der Waals surface area (Å²) in [6, 6.07) is 6.76. The van der Waals surface area contributed by atoms with Gasteiger partial charge in [-0.1, -0.05) is 0 Å². The molecule has 1 N–H and O–H groups in total. The number of nitrogens with one attached hydrogen (secondary N) is 1. The molecule has 0 atom stereocenters. The van der Waals surface area contributed by atoms with E-state index in [0.29, 0.717) is 37.3 Å². The van der Waals surface area contributed by atoms with E-state index in [1.165, 1.54) is 0 Å². The highest BCUT2D eigenvalue weighted by molar-refractivity contribution is 5.91. The van der Waals surface area contributed by atoms with Crippen LogP contribution in [0.25, 0.3) is 0 Å². The zero-order valence-electron chi connectivity index (χ0n) is 9.94. The Morgan fingerprint density at radius 3 is 2.65 bits per heavy atom. The number of rotatable bonds is 7. The van der Waals surface area contributed by atoms with E-state index in [0.717, 1.165) is 6.29 Å². The fourth-order valence-corrected chi connectivity index (χ4v) is 1.35. The minimum Gasteiger partial charge on any atom is -0.382 e. The van der Waals surface area contributed by atoms with E-state index in [4.69, 9.17) is 4.74 Å². The number of carbonyl (C=O) groups is 2. The summed E-state index contributed by atoms with van der Waals surface area (Å²) in [5.41, 5.74) is 1.30. The molecule has 1 rings (SSSR count). The summed E-state index contributed by atoms with van der Waals surface area (Å²) in [4.78, 5) is 21.9. The molecular weight excluding hydrogens is 218 g/mol. The van der Waals surface area contributed by atoms with E-state index in [-0.39, 0.29) is 5.91 Å². The molecule has 0 heterocycles. The second kappa shape index (κ2) is 7.57. The molecule has 1 aromatic rings. The Labute approximate surface area is 101 Å². The first kappa shape index (κ1) is 13.4. The summed E-state index contributed by atoms with van der Waals surface area (Å²) < 4.78 is 5.15. The molecule has 0 radical (unpaired) electrons. The van der Waals surface area contributed by atoms with Crippen LogP contribution in [0.5, 0.6) is 0 Å². The molecule has 0 saturated heterocycles. The third kappa shape index (κ3) is 5.26. The lowest BCUT2D eigenvalue weighted by atomic mass is 10.2. The Morgan fingerprint density at radius 2 is 2.06 bits per heavy atom. The SMILES string of the molecule is CCOCCCC(=O)Nc1ccc(C=O)cc1. The minimum atomic E-state index is -0.0384. The number of ether oxygens (including phenoxy) is 1. The van der Waals surface area contributed by atoms with E-state index in [1.54, 1.807) is 24.3 Å². The Bertz CT molecular complexity index is 359. The average Bonchev–Trinajstić information content (AvgIpc) is 2.36. The van der Waals surface area contributed by atoms with Crippen molar-refractivity contribution in [2.24, 2.45) is 0 Å². The van der Waals surface area contributed by atoms with Crippen molar-refractivity contribution >= 4 is 17.9 Å². The predicted molar refractivity (Wildman–Crippen MR) is 66.2 cm³/mol. The second-order valence-electron chi connectivity index (χ2n) is 3.59. The number of hydrogen-bond donors (Lipinski definition) is 1. The molecule has 0 aliphatic carbocycles. The number of carbonyl (C=O) groups excluding carboxylic acids is 2. The highest BCUT2D eigenvalue weighted by atomic mass is 16.5. The Balaban J connectivity index is 2.32. The summed E-state index contributed by atoms with van der Waals surface area (Å²) in [6.45, 7) is 3.21. The summed E-state index contributed by atoms with van der Waals surface area (Å²) in [5, 5.41) is 2.76. The van der Waals surface area contributed by atoms with Crippen LogP contribution in [-0.4, -0.2) is 25.4 Å². The van der Waals surface area contributed by atoms with Gasteiger partial charge < -0.3 is 10.1 Å². The molecule has 17 heavy (non-hydrogen) atoms. The molecule has 92 valence electrons. The third-order valence-electron chi connectivity index (χ3n) is 2.23. The average molecular weight is 235 g/mol. The van der Waals surface area contributed by atoms with Crippen LogP contribution >= 0.6 is 0 Å². The standard InChI is InChI=1S/C13H17NO3/c1-2-17-9-3-4-13(16)14-12-7-5-11(10-15)6-8-12/h5-8,10H,2-4,9H2,1H3,(H,14,16). The monoisotopic (exact) mass is 235 g/mol. The minimum absolute atomic E-state index is 0.0384. The summed E-state index contributed by atoms with van der Waals surface area (Å²) in [7, 11) is 0. The maximum absolute atomic E-state index is 11.5. The largest absolute Gasteiger partial charge is 0.382 e. The maximum Gasteiger partial charge on any atom is 0.224 e. The number of hydrogen-bond acceptors (Lipinski definition) is 3. The first-order valence-electron chi connectivity index (χ1n) is 5.69. The van der Waals surface area contributed by atoms with Gasteiger partial charge in [-0.15, -0.1) is 0 Å². The molecule has 0 unspecified atom stereocenters. The molecule has 0 bridgehead atoms. The molecule has 0 aliphatic rings. The van der Waals surface area contributed by atoms with E-state index in [1.807, 2.05) is 6.92 Å². The highest BCUT2D eigenvalue weighted by Crippen LogP contribution is 2.08. The molecule has 1 aromatic carbocycles. The maximum atomic E-state index is 11.5. The lowest BCUT2D eigenvalue weighted by molar-refractivity contribution is -0.116. The van der Waals surface area contributed by atoms with Gasteiger partial charge in [0, 0.05) is 30.9 Å². The van der Waals surface area contributed by atoms with E-state index in [9.17, 15) is 9.59 Å². The molecule has 1 amide bonds. The van der Waals surface area contributed by atoms with Crippen LogP contribution < -0.4 is 5.32 Å². The zero-order valence-corrected chi connectivity index (χ0v) is 9.94. The summed E-state index contributed by atoms with van der Waals surface area (Å²) in [5.74, 6) is -0.0384. The van der Waals surface area contributed by atoms with Gasteiger partial charge >= 0.3 is 0 Å². The van der Waals surface area contributed by atoms with Crippen LogP contribution in [0, 0.1) is 0 Å². The molecule has 4 heteroatoms. The number of amides is 1. The van der Waals surface area contributed by atoms with Gasteiger partial charge in [0.25, 0.3) is 0 Å². The number of aldehydes is 1. The van der Waals surface area contributed by atoms with Crippen LogP contribution in [0.4, 0.5) is 5.69 Å². The highest BCUT2D eigenvalue weighted by Gasteiger charge is 2.01. The van der Waals surface area contributed by atoms with Crippen molar-refractivity contribution in [1.82, 2.24) is 0 Å². The fourth-order valence-electron chi connectivity index (χ4n) is 1.35. The van der Waals surface area contributed by atoms with Crippen LogP contribution in [0.15, 0.2) is 24.3 Å². The third-order valence-corrected chi connectivity index (χ3v) is 2.23. The molecule has 0 aromatic heterocycles. The van der Waals surface area contributed by atoms with Gasteiger partial charge in [0.2, 0.25) is 5.91 Å². The van der Waals surface area contributed by atoms with Gasteiger partial charge in [0.15, 0.2) is 0 Å². The second-order valence-corrected chi connectivity index (χ2v) is 3.59. The molecule has 0 saturated carbocycles. The van der Waals surface area contributed by atoms with E-state index < -0.39 is 0 Å². The first-order valence-corrected chi connectivity index (χ1v) is 5.69. The van der Waals surface area contributed by atoms with Gasteiger partial charge in [-0.2, -0.15) is 0 Å². The van der Waals surface area contributed by atoms with Gasteiger partial charge in [-0.3, -0.25) is 9.59 Å². The fraction of sp³-hybridized carbons (Fsp3) is 0.385. The summed E-state index contributed by atoms with van der Waals surface area (Å²) >= 11 is 0. The normalized spacial score (nSPS) is 9.94. The van der Waals surface area contributed by atoms with E-state index >= 15 is 0 Å². The first-order chi connectivity index (χ1) is 8.26. The quantitative estimate of drug-likeness (QED) is 0.582. The molecule has 0 fully saturated rings. The molecular formula is C13H17NO3. The van der Waals surface area contributed by atoms with Crippen molar-refractivity contribution in [2.75, 3.05) is 18.5 Å². The van der Waals surface area contributed by atoms with Crippen molar-refractivity contribution < 1.29 is 14.3 Å².